The molecule has 0 aromatic heterocycles. The Bertz CT molecular complexity index is 455. The second kappa shape index (κ2) is 5.95. The molecule has 0 aliphatic heterocycles. The van der Waals surface area contributed by atoms with Crippen LogP contribution in [0.2, 0.25) is 0 Å². The van der Waals surface area contributed by atoms with E-state index in [1.165, 1.54) is 0 Å². The number of rotatable bonds is 2. The van der Waals surface area contributed by atoms with Crippen molar-refractivity contribution in [3.63, 3.8) is 0 Å². The number of carbonyl (C=O) groups excluding carboxylic acids is 1. The zero-order valence-electron chi connectivity index (χ0n) is 11.4. The van der Waals surface area contributed by atoms with Crippen molar-refractivity contribution in [2.75, 3.05) is 5.73 Å². The Kier molecular flexibility index (Phi) is 4.50. The first-order chi connectivity index (χ1) is 8.95. The molecule has 1 aliphatic carbocycles. The van der Waals surface area contributed by atoms with E-state index < -0.39 is 0 Å². The molecule has 0 saturated heterocycles. The number of nitrogen functional groups attached to an aromatic ring is 1. The van der Waals surface area contributed by atoms with E-state index >= 15 is 0 Å². The summed E-state index contributed by atoms with van der Waals surface area (Å²) >= 11 is 3.34. The van der Waals surface area contributed by atoms with Gasteiger partial charge in [-0.1, -0.05) is 29.8 Å². The molecule has 0 radical (unpaired) electrons. The van der Waals surface area contributed by atoms with Crippen LogP contribution in [-0.4, -0.2) is 12.1 Å². The van der Waals surface area contributed by atoms with E-state index in [-0.39, 0.29) is 12.1 Å². The molecule has 2 rings (SSSR count). The number of anilines is 1. The Morgan fingerprint density at radius 3 is 2.63 bits per heavy atom. The molecular formula is C15H20BrNO2. The Labute approximate surface area is 122 Å². The largest absolute Gasteiger partial charge is 0.459 e. The van der Waals surface area contributed by atoms with Crippen LogP contribution in [0, 0.1) is 11.8 Å². The molecule has 3 unspecified atom stereocenters. The van der Waals surface area contributed by atoms with E-state index in [2.05, 4.69) is 29.8 Å². The summed E-state index contributed by atoms with van der Waals surface area (Å²) in [7, 11) is 0. The fourth-order valence-corrected chi connectivity index (χ4v) is 3.07. The summed E-state index contributed by atoms with van der Waals surface area (Å²) in [6.07, 6.45) is 3.08. The Morgan fingerprint density at radius 2 is 2.00 bits per heavy atom. The van der Waals surface area contributed by atoms with Crippen molar-refractivity contribution in [3.8, 4) is 0 Å². The number of esters is 1. The van der Waals surface area contributed by atoms with Gasteiger partial charge in [-0.15, -0.1) is 0 Å². The number of ether oxygens (including phenoxy) is 1. The van der Waals surface area contributed by atoms with Crippen molar-refractivity contribution in [3.05, 3.63) is 28.2 Å². The molecule has 2 N–H and O–H groups in total. The molecule has 1 aromatic carbocycles. The van der Waals surface area contributed by atoms with Crippen LogP contribution in [0.5, 0.6) is 0 Å². The molecule has 3 nitrogen and oxygen atoms in total. The van der Waals surface area contributed by atoms with Crippen LogP contribution in [0.25, 0.3) is 0 Å². The van der Waals surface area contributed by atoms with Crippen molar-refractivity contribution in [1.82, 2.24) is 0 Å². The van der Waals surface area contributed by atoms with E-state index in [0.29, 0.717) is 17.2 Å². The molecule has 1 saturated carbocycles. The first-order valence-electron chi connectivity index (χ1n) is 6.72. The van der Waals surface area contributed by atoms with E-state index in [1.807, 2.05) is 0 Å². The highest BCUT2D eigenvalue weighted by Crippen LogP contribution is 2.31. The predicted molar refractivity (Wildman–Crippen MR) is 79.9 cm³/mol. The van der Waals surface area contributed by atoms with Gasteiger partial charge in [-0.2, -0.15) is 0 Å². The molecule has 1 aromatic rings. The first kappa shape index (κ1) is 14.4. The molecule has 3 atom stereocenters. The van der Waals surface area contributed by atoms with Crippen molar-refractivity contribution in [2.24, 2.45) is 11.8 Å². The molecule has 4 heteroatoms. The van der Waals surface area contributed by atoms with E-state index in [4.69, 9.17) is 10.5 Å². The van der Waals surface area contributed by atoms with Crippen LogP contribution < -0.4 is 5.73 Å². The molecule has 0 heterocycles. The Hall–Kier alpha value is -1.03. The van der Waals surface area contributed by atoms with Crippen LogP contribution in [-0.2, 0) is 4.74 Å². The van der Waals surface area contributed by atoms with E-state index in [0.717, 1.165) is 29.7 Å². The lowest BCUT2D eigenvalue weighted by molar-refractivity contribution is 0.00878. The second-order valence-electron chi connectivity index (χ2n) is 5.57. The minimum Gasteiger partial charge on any atom is -0.459 e. The average molecular weight is 326 g/mol. The van der Waals surface area contributed by atoms with Gasteiger partial charge < -0.3 is 10.5 Å². The first-order valence-corrected chi connectivity index (χ1v) is 7.52. The minimum atomic E-state index is -0.278. The van der Waals surface area contributed by atoms with Gasteiger partial charge in [0.05, 0.1) is 5.56 Å². The maximum atomic E-state index is 12.1. The third-order valence-electron chi connectivity index (χ3n) is 3.98. The van der Waals surface area contributed by atoms with Crippen LogP contribution in [0.3, 0.4) is 0 Å². The summed E-state index contributed by atoms with van der Waals surface area (Å²) in [4.78, 5) is 12.1. The molecule has 1 aliphatic rings. The highest BCUT2D eigenvalue weighted by atomic mass is 79.9. The fourth-order valence-electron chi connectivity index (χ4n) is 2.55. The van der Waals surface area contributed by atoms with Gasteiger partial charge in [0, 0.05) is 10.2 Å². The van der Waals surface area contributed by atoms with Gasteiger partial charge in [-0.25, -0.2) is 4.79 Å². The third-order valence-corrected chi connectivity index (χ3v) is 4.44. The summed E-state index contributed by atoms with van der Waals surface area (Å²) in [5.74, 6) is 1.05. The summed E-state index contributed by atoms with van der Waals surface area (Å²) in [6.45, 7) is 4.49. The monoisotopic (exact) mass is 325 g/mol. The smallest absolute Gasteiger partial charge is 0.338 e. The van der Waals surface area contributed by atoms with Gasteiger partial charge in [0.25, 0.3) is 0 Å². The number of nitrogens with two attached hydrogens (primary N) is 1. The van der Waals surface area contributed by atoms with Crippen LogP contribution in [0.1, 0.15) is 43.5 Å². The maximum absolute atomic E-state index is 12.1. The highest BCUT2D eigenvalue weighted by Gasteiger charge is 2.27. The number of benzene rings is 1. The van der Waals surface area contributed by atoms with Gasteiger partial charge in [-0.3, -0.25) is 0 Å². The molecule has 19 heavy (non-hydrogen) atoms. The molecule has 0 spiro atoms. The molecular weight excluding hydrogens is 306 g/mol. The van der Waals surface area contributed by atoms with Crippen LogP contribution in [0.4, 0.5) is 5.69 Å². The Balaban J connectivity index is 2.01. The van der Waals surface area contributed by atoms with Crippen molar-refractivity contribution < 1.29 is 9.53 Å². The topological polar surface area (TPSA) is 52.3 Å². The lowest BCUT2D eigenvalue weighted by atomic mass is 9.80. The summed E-state index contributed by atoms with van der Waals surface area (Å²) in [5.41, 5.74) is 6.81. The highest BCUT2D eigenvalue weighted by molar-refractivity contribution is 9.10. The van der Waals surface area contributed by atoms with Crippen molar-refractivity contribution in [1.29, 1.82) is 0 Å². The summed E-state index contributed by atoms with van der Waals surface area (Å²) in [5, 5.41) is 0. The predicted octanol–water partition coefficient (Wildman–Crippen LogP) is 4.01. The van der Waals surface area contributed by atoms with E-state index in [9.17, 15) is 4.79 Å². The van der Waals surface area contributed by atoms with Gasteiger partial charge >= 0.3 is 5.97 Å². The summed E-state index contributed by atoms with van der Waals surface area (Å²) in [6, 6.07) is 5.16. The van der Waals surface area contributed by atoms with Gasteiger partial charge in [-0.05, 0) is 49.3 Å². The quantitative estimate of drug-likeness (QED) is 0.660. The average Bonchev–Trinajstić information content (AvgIpc) is 2.32. The van der Waals surface area contributed by atoms with Gasteiger partial charge in [0.15, 0.2) is 0 Å². The lowest BCUT2D eigenvalue weighted by Crippen LogP contribution is -2.28. The standard InChI is InChI=1S/C15H20BrNO2/c1-9-3-4-14(5-10(9)2)19-15(18)11-6-12(16)8-13(17)7-11/h6-10,14H,3-5,17H2,1-2H3. The van der Waals surface area contributed by atoms with Crippen molar-refractivity contribution >= 4 is 27.6 Å². The number of carbonyl (C=O) groups is 1. The van der Waals surface area contributed by atoms with Crippen LogP contribution in [0.15, 0.2) is 22.7 Å². The zero-order chi connectivity index (χ0) is 14.0. The number of hydrogen-bond donors (Lipinski definition) is 1. The lowest BCUT2D eigenvalue weighted by Gasteiger charge is -2.31. The Morgan fingerprint density at radius 1 is 1.26 bits per heavy atom. The normalized spacial score (nSPS) is 27.0. The molecule has 0 bridgehead atoms. The number of halogens is 1. The molecule has 0 amide bonds. The maximum Gasteiger partial charge on any atom is 0.338 e. The summed E-state index contributed by atoms with van der Waals surface area (Å²) < 4.78 is 6.39. The van der Waals surface area contributed by atoms with Gasteiger partial charge in [0.1, 0.15) is 6.10 Å². The zero-order valence-corrected chi connectivity index (χ0v) is 12.9. The fraction of sp³-hybridized carbons (Fsp3) is 0.533. The minimum absolute atomic E-state index is 0.0407. The molecule has 104 valence electrons. The molecule has 1 fully saturated rings. The third kappa shape index (κ3) is 3.72. The van der Waals surface area contributed by atoms with Crippen molar-refractivity contribution in [2.45, 2.75) is 39.2 Å². The van der Waals surface area contributed by atoms with Crippen LogP contribution >= 0.6 is 15.9 Å². The van der Waals surface area contributed by atoms with Gasteiger partial charge in [0.2, 0.25) is 0 Å². The van der Waals surface area contributed by atoms with E-state index in [1.54, 1.807) is 18.2 Å². The number of hydrogen-bond acceptors (Lipinski definition) is 3. The second-order valence-corrected chi connectivity index (χ2v) is 6.48. The SMILES string of the molecule is CC1CCC(OC(=O)c2cc(N)cc(Br)c2)CC1C.